The van der Waals surface area contributed by atoms with Gasteiger partial charge in [-0.25, -0.2) is 9.78 Å². The van der Waals surface area contributed by atoms with Crippen LogP contribution in [0.25, 0.3) is 11.0 Å². The number of piperidine rings is 1. The zero-order valence-electron chi connectivity index (χ0n) is 17.5. The summed E-state index contributed by atoms with van der Waals surface area (Å²) in [6.07, 6.45) is 4.15. The molecular weight excluding hydrogens is 368 g/mol. The van der Waals surface area contributed by atoms with Crippen molar-refractivity contribution in [2.75, 3.05) is 26.2 Å². The standard InChI is InChI=1S/C22H30N4O3/c1-22(2,3)29-21(28)25-11-6-7-16(13-25)20(27)24-12-10-17(14-24)26-15-23-18-8-4-5-9-19(18)26/h4-5,8-9,15-17H,6-7,10-14H2,1-3H3/t16-,17-/m1/s1. The van der Waals surface area contributed by atoms with Crippen LogP contribution >= 0.6 is 0 Å². The summed E-state index contributed by atoms with van der Waals surface area (Å²) in [5, 5.41) is 0. The molecule has 0 radical (unpaired) electrons. The number of carbonyl (C=O) groups excluding carboxylic acids is 2. The largest absolute Gasteiger partial charge is 0.444 e. The highest BCUT2D eigenvalue weighted by Gasteiger charge is 2.36. The van der Waals surface area contributed by atoms with Crippen LogP contribution in [-0.4, -0.2) is 63.1 Å². The molecule has 29 heavy (non-hydrogen) atoms. The molecule has 2 fully saturated rings. The lowest BCUT2D eigenvalue weighted by Gasteiger charge is -2.35. The number of ether oxygens (including phenoxy) is 1. The van der Waals surface area contributed by atoms with Crippen molar-refractivity contribution in [3.63, 3.8) is 0 Å². The minimum absolute atomic E-state index is 0.144. The van der Waals surface area contributed by atoms with Crippen LogP contribution in [0, 0.1) is 5.92 Å². The normalized spacial score (nSPS) is 22.9. The summed E-state index contributed by atoms with van der Waals surface area (Å²) in [5.74, 6) is 0.0136. The van der Waals surface area contributed by atoms with Gasteiger partial charge >= 0.3 is 6.09 Å². The highest BCUT2D eigenvalue weighted by atomic mass is 16.6. The first-order valence-corrected chi connectivity index (χ1v) is 10.5. The van der Waals surface area contributed by atoms with E-state index in [1.54, 1.807) is 4.90 Å². The summed E-state index contributed by atoms with van der Waals surface area (Å²) in [4.78, 5) is 33.7. The minimum atomic E-state index is -0.524. The number of imidazole rings is 1. The number of hydrogen-bond donors (Lipinski definition) is 0. The molecule has 0 saturated carbocycles. The lowest BCUT2D eigenvalue weighted by atomic mass is 9.97. The number of aromatic nitrogens is 2. The Kier molecular flexibility index (Phi) is 5.23. The molecule has 2 aliphatic heterocycles. The average Bonchev–Trinajstić information content (AvgIpc) is 3.33. The zero-order chi connectivity index (χ0) is 20.6. The fourth-order valence-corrected chi connectivity index (χ4v) is 4.37. The Morgan fingerprint density at radius 2 is 1.86 bits per heavy atom. The van der Waals surface area contributed by atoms with Gasteiger partial charge in [-0.1, -0.05) is 12.1 Å². The van der Waals surface area contributed by atoms with Crippen LogP contribution in [-0.2, 0) is 9.53 Å². The van der Waals surface area contributed by atoms with Gasteiger partial charge in [0.25, 0.3) is 0 Å². The van der Waals surface area contributed by atoms with Crippen molar-refractivity contribution in [2.45, 2.75) is 51.7 Å². The van der Waals surface area contributed by atoms with Crippen molar-refractivity contribution in [3.8, 4) is 0 Å². The van der Waals surface area contributed by atoms with Crippen molar-refractivity contribution in [1.29, 1.82) is 0 Å². The second-order valence-corrected chi connectivity index (χ2v) is 9.13. The first kappa shape index (κ1) is 19.7. The topological polar surface area (TPSA) is 67.7 Å². The van der Waals surface area contributed by atoms with E-state index in [0.29, 0.717) is 19.6 Å². The smallest absolute Gasteiger partial charge is 0.410 e. The van der Waals surface area contributed by atoms with Gasteiger partial charge < -0.3 is 19.1 Å². The van der Waals surface area contributed by atoms with Crippen molar-refractivity contribution >= 4 is 23.0 Å². The van der Waals surface area contributed by atoms with E-state index in [1.807, 2.05) is 50.2 Å². The Bertz CT molecular complexity index is 901. The lowest BCUT2D eigenvalue weighted by molar-refractivity contribution is -0.136. The van der Waals surface area contributed by atoms with Gasteiger partial charge in [0.2, 0.25) is 5.91 Å². The molecule has 0 bridgehead atoms. The summed E-state index contributed by atoms with van der Waals surface area (Å²) < 4.78 is 7.68. The molecule has 2 amide bonds. The number of benzene rings is 1. The van der Waals surface area contributed by atoms with Gasteiger partial charge in [-0.3, -0.25) is 4.79 Å². The molecular formula is C22H30N4O3. The third-order valence-electron chi connectivity index (χ3n) is 5.77. The quantitative estimate of drug-likeness (QED) is 0.777. The first-order chi connectivity index (χ1) is 13.8. The van der Waals surface area contributed by atoms with Crippen LogP contribution in [0.5, 0.6) is 0 Å². The fourth-order valence-electron chi connectivity index (χ4n) is 4.37. The molecule has 7 heteroatoms. The molecule has 0 spiro atoms. The predicted octanol–water partition coefficient (Wildman–Crippen LogP) is 3.46. The Balaban J connectivity index is 1.39. The molecule has 0 unspecified atom stereocenters. The van der Waals surface area contributed by atoms with E-state index in [1.165, 1.54) is 0 Å². The Hall–Kier alpha value is -2.57. The summed E-state index contributed by atoms with van der Waals surface area (Å²) in [5.41, 5.74) is 1.57. The van der Waals surface area contributed by atoms with Crippen LogP contribution in [0.1, 0.15) is 46.1 Å². The van der Waals surface area contributed by atoms with E-state index < -0.39 is 5.60 Å². The van der Waals surface area contributed by atoms with Gasteiger partial charge in [0.15, 0.2) is 0 Å². The highest BCUT2D eigenvalue weighted by molar-refractivity contribution is 5.81. The molecule has 2 atom stereocenters. The number of carbonyl (C=O) groups is 2. The first-order valence-electron chi connectivity index (χ1n) is 10.5. The molecule has 0 aliphatic carbocycles. The van der Waals surface area contributed by atoms with E-state index in [0.717, 1.165) is 36.8 Å². The van der Waals surface area contributed by atoms with Gasteiger partial charge in [0.1, 0.15) is 5.60 Å². The SMILES string of the molecule is CC(C)(C)OC(=O)N1CCC[C@@H](C(=O)N2CC[C@@H](n3cnc4ccccc43)C2)C1. The molecule has 2 aliphatic rings. The van der Waals surface area contributed by atoms with Crippen LogP contribution in [0.3, 0.4) is 0 Å². The second kappa shape index (κ2) is 7.69. The average molecular weight is 399 g/mol. The number of rotatable bonds is 2. The number of amides is 2. The van der Waals surface area contributed by atoms with Crippen molar-refractivity contribution < 1.29 is 14.3 Å². The number of para-hydroxylation sites is 2. The summed E-state index contributed by atoms with van der Waals surface area (Å²) in [6.45, 7) is 8.14. The van der Waals surface area contributed by atoms with Crippen molar-refractivity contribution in [2.24, 2.45) is 5.92 Å². The van der Waals surface area contributed by atoms with Gasteiger partial charge in [-0.15, -0.1) is 0 Å². The fraction of sp³-hybridized carbons (Fsp3) is 0.591. The minimum Gasteiger partial charge on any atom is -0.444 e. The van der Waals surface area contributed by atoms with Gasteiger partial charge in [-0.2, -0.15) is 0 Å². The molecule has 2 aromatic rings. The third-order valence-corrected chi connectivity index (χ3v) is 5.77. The maximum Gasteiger partial charge on any atom is 0.410 e. The highest BCUT2D eigenvalue weighted by Crippen LogP contribution is 2.29. The van der Waals surface area contributed by atoms with Crippen molar-refractivity contribution in [3.05, 3.63) is 30.6 Å². The Morgan fingerprint density at radius 1 is 1.07 bits per heavy atom. The molecule has 7 nitrogen and oxygen atoms in total. The second-order valence-electron chi connectivity index (χ2n) is 9.13. The summed E-state index contributed by atoms with van der Waals surface area (Å²) in [6, 6.07) is 8.34. The predicted molar refractivity (Wildman–Crippen MR) is 110 cm³/mol. The molecule has 0 N–H and O–H groups in total. The van der Waals surface area contributed by atoms with Gasteiger partial charge in [0, 0.05) is 26.2 Å². The Labute approximate surface area is 171 Å². The van der Waals surface area contributed by atoms with Gasteiger partial charge in [0.05, 0.1) is 29.3 Å². The molecule has 2 saturated heterocycles. The zero-order valence-corrected chi connectivity index (χ0v) is 17.5. The molecule has 1 aromatic carbocycles. The molecule has 1 aromatic heterocycles. The lowest BCUT2D eigenvalue weighted by Crippen LogP contribution is -2.47. The number of nitrogens with zero attached hydrogens (tertiary/aromatic N) is 4. The van der Waals surface area contributed by atoms with Crippen LogP contribution in [0.2, 0.25) is 0 Å². The monoisotopic (exact) mass is 398 g/mol. The van der Waals surface area contributed by atoms with E-state index >= 15 is 0 Å². The van der Waals surface area contributed by atoms with Crippen LogP contribution < -0.4 is 0 Å². The van der Waals surface area contributed by atoms with Crippen LogP contribution in [0.15, 0.2) is 30.6 Å². The van der Waals surface area contributed by atoms with E-state index in [9.17, 15) is 9.59 Å². The molecule has 156 valence electrons. The maximum absolute atomic E-state index is 13.2. The molecule has 4 rings (SSSR count). The number of likely N-dealkylation sites (tertiary alicyclic amines) is 2. The number of hydrogen-bond acceptors (Lipinski definition) is 4. The van der Waals surface area contributed by atoms with E-state index in [4.69, 9.17) is 4.74 Å². The van der Waals surface area contributed by atoms with Crippen molar-refractivity contribution in [1.82, 2.24) is 19.4 Å². The Morgan fingerprint density at radius 3 is 2.66 bits per heavy atom. The van der Waals surface area contributed by atoms with Crippen LogP contribution in [0.4, 0.5) is 4.79 Å². The number of fused-ring (bicyclic) bond motifs is 1. The summed E-state index contributed by atoms with van der Waals surface area (Å²) in [7, 11) is 0. The van der Waals surface area contributed by atoms with E-state index in [2.05, 4.69) is 15.6 Å². The van der Waals surface area contributed by atoms with Gasteiger partial charge in [-0.05, 0) is 52.2 Å². The maximum atomic E-state index is 13.2. The molecule has 3 heterocycles. The van der Waals surface area contributed by atoms with E-state index in [-0.39, 0.29) is 24.0 Å². The third kappa shape index (κ3) is 4.23. The summed E-state index contributed by atoms with van der Waals surface area (Å²) >= 11 is 0.